The summed E-state index contributed by atoms with van der Waals surface area (Å²) in [5.74, 6) is 1.24. The van der Waals surface area contributed by atoms with Crippen LogP contribution in [0, 0.1) is 5.92 Å². The van der Waals surface area contributed by atoms with E-state index in [0.717, 1.165) is 24.8 Å². The van der Waals surface area contributed by atoms with Gasteiger partial charge >= 0.3 is 6.01 Å². The predicted molar refractivity (Wildman–Crippen MR) is 102 cm³/mol. The first-order chi connectivity index (χ1) is 13.0. The second-order valence-electron chi connectivity index (χ2n) is 7.45. The number of nitrogens with one attached hydrogen (secondary N) is 1. The van der Waals surface area contributed by atoms with Crippen LogP contribution in [-0.4, -0.2) is 28.0 Å². The van der Waals surface area contributed by atoms with Crippen molar-refractivity contribution >= 4 is 5.91 Å². The van der Waals surface area contributed by atoms with Crippen LogP contribution >= 0.6 is 0 Å². The Balaban J connectivity index is 1.69. The van der Waals surface area contributed by atoms with Gasteiger partial charge in [-0.2, -0.15) is 0 Å². The first-order valence-corrected chi connectivity index (χ1v) is 9.47. The second-order valence-corrected chi connectivity index (χ2v) is 7.45. The highest BCUT2D eigenvalue weighted by Crippen LogP contribution is 2.34. The van der Waals surface area contributed by atoms with Crippen molar-refractivity contribution in [1.82, 2.24) is 15.3 Å². The number of benzene rings is 1. The fourth-order valence-electron chi connectivity index (χ4n) is 3.51. The molecule has 144 valence electrons. The molecule has 0 radical (unpaired) electrons. The molecule has 3 rings (SSSR count). The van der Waals surface area contributed by atoms with Crippen molar-refractivity contribution in [1.29, 1.82) is 0 Å². The molecule has 1 amide bonds. The summed E-state index contributed by atoms with van der Waals surface area (Å²) < 4.78 is 12.0. The zero-order chi connectivity index (χ0) is 19.2. The molecule has 1 aromatic carbocycles. The summed E-state index contributed by atoms with van der Waals surface area (Å²) in [5.41, 5.74) is 1.08. The standard InChI is InChI=1S/C21H27N3O3/c1-14(2)11-19-12-17(24-15(3)25)13-20(26-19)16-5-7-18(8-6-16)27-21-22-9-4-10-23-21/h4-10,14,17,19-20H,11-13H2,1-3H3,(H,24,25)/t17-,19+,20+/m1/s1. The molecule has 3 atom stereocenters. The molecule has 0 unspecified atom stereocenters. The quantitative estimate of drug-likeness (QED) is 0.832. The van der Waals surface area contributed by atoms with Gasteiger partial charge in [0.1, 0.15) is 5.75 Å². The van der Waals surface area contributed by atoms with Crippen molar-refractivity contribution in [2.75, 3.05) is 0 Å². The van der Waals surface area contributed by atoms with Crippen molar-refractivity contribution < 1.29 is 14.3 Å². The molecule has 0 spiro atoms. The molecule has 1 aromatic heterocycles. The molecular weight excluding hydrogens is 342 g/mol. The molecule has 0 saturated carbocycles. The van der Waals surface area contributed by atoms with Gasteiger partial charge in [-0.15, -0.1) is 0 Å². The Labute approximate surface area is 160 Å². The summed E-state index contributed by atoms with van der Waals surface area (Å²) in [6.45, 7) is 5.95. The largest absolute Gasteiger partial charge is 0.424 e. The maximum absolute atomic E-state index is 11.5. The summed E-state index contributed by atoms with van der Waals surface area (Å²) in [4.78, 5) is 19.6. The van der Waals surface area contributed by atoms with Gasteiger partial charge in [-0.1, -0.05) is 26.0 Å². The zero-order valence-electron chi connectivity index (χ0n) is 16.1. The minimum Gasteiger partial charge on any atom is -0.424 e. The number of amides is 1. The average Bonchev–Trinajstić information content (AvgIpc) is 2.62. The molecule has 0 aliphatic carbocycles. The molecule has 1 aliphatic rings. The van der Waals surface area contributed by atoms with E-state index in [4.69, 9.17) is 9.47 Å². The third-order valence-corrected chi connectivity index (χ3v) is 4.55. The summed E-state index contributed by atoms with van der Waals surface area (Å²) >= 11 is 0. The van der Waals surface area contributed by atoms with E-state index in [0.29, 0.717) is 17.7 Å². The summed E-state index contributed by atoms with van der Waals surface area (Å²) in [5, 5.41) is 3.07. The molecule has 1 fully saturated rings. The van der Waals surface area contributed by atoms with Crippen LogP contribution in [-0.2, 0) is 9.53 Å². The van der Waals surface area contributed by atoms with Crippen LogP contribution in [0.5, 0.6) is 11.8 Å². The zero-order valence-corrected chi connectivity index (χ0v) is 16.1. The van der Waals surface area contributed by atoms with E-state index in [-0.39, 0.29) is 24.2 Å². The highest BCUT2D eigenvalue weighted by Gasteiger charge is 2.31. The highest BCUT2D eigenvalue weighted by atomic mass is 16.5. The molecule has 1 saturated heterocycles. The van der Waals surface area contributed by atoms with Crippen LogP contribution in [0.4, 0.5) is 0 Å². The van der Waals surface area contributed by atoms with Crippen LogP contribution in [0.25, 0.3) is 0 Å². The maximum atomic E-state index is 11.5. The van der Waals surface area contributed by atoms with E-state index < -0.39 is 0 Å². The molecule has 6 heteroatoms. The molecule has 6 nitrogen and oxygen atoms in total. The summed E-state index contributed by atoms with van der Waals surface area (Å²) in [6, 6.07) is 10.0. The smallest absolute Gasteiger partial charge is 0.321 e. The van der Waals surface area contributed by atoms with E-state index >= 15 is 0 Å². The fraction of sp³-hybridized carbons (Fsp3) is 0.476. The SMILES string of the molecule is CC(=O)N[C@@H]1C[C@H](CC(C)C)O[C@H](c2ccc(Oc3ncccn3)cc2)C1. The Morgan fingerprint density at radius 1 is 1.22 bits per heavy atom. The first kappa shape index (κ1) is 19.3. The lowest BCUT2D eigenvalue weighted by Gasteiger charge is -2.36. The van der Waals surface area contributed by atoms with Gasteiger partial charge in [0, 0.05) is 25.4 Å². The number of ether oxygens (including phenoxy) is 2. The Bertz CT molecular complexity index is 734. The van der Waals surface area contributed by atoms with Gasteiger partial charge in [0.2, 0.25) is 5.91 Å². The van der Waals surface area contributed by atoms with Crippen molar-refractivity contribution in [2.24, 2.45) is 5.92 Å². The number of carbonyl (C=O) groups excluding carboxylic acids is 1. The highest BCUT2D eigenvalue weighted by molar-refractivity contribution is 5.73. The lowest BCUT2D eigenvalue weighted by molar-refractivity contribution is -0.122. The van der Waals surface area contributed by atoms with Crippen molar-refractivity contribution in [3.05, 3.63) is 48.3 Å². The Morgan fingerprint density at radius 3 is 2.56 bits per heavy atom. The molecular formula is C21H27N3O3. The van der Waals surface area contributed by atoms with Gasteiger partial charge in [-0.3, -0.25) is 4.79 Å². The molecule has 27 heavy (non-hydrogen) atoms. The van der Waals surface area contributed by atoms with Gasteiger partial charge in [-0.25, -0.2) is 9.97 Å². The normalized spacial score (nSPS) is 22.4. The first-order valence-electron chi connectivity index (χ1n) is 9.47. The van der Waals surface area contributed by atoms with Crippen LogP contribution in [0.2, 0.25) is 0 Å². The lowest BCUT2D eigenvalue weighted by Crippen LogP contribution is -2.42. The minimum atomic E-state index is -0.0404. The van der Waals surface area contributed by atoms with Crippen molar-refractivity contribution in [3.8, 4) is 11.8 Å². The number of hydrogen-bond acceptors (Lipinski definition) is 5. The number of nitrogens with zero attached hydrogens (tertiary/aromatic N) is 2. The molecule has 2 aromatic rings. The molecule has 1 N–H and O–H groups in total. The van der Waals surface area contributed by atoms with E-state index in [1.165, 1.54) is 0 Å². The van der Waals surface area contributed by atoms with Crippen LogP contribution in [0.15, 0.2) is 42.7 Å². The maximum Gasteiger partial charge on any atom is 0.321 e. The third kappa shape index (κ3) is 5.76. The van der Waals surface area contributed by atoms with Crippen LogP contribution in [0.3, 0.4) is 0 Å². The van der Waals surface area contributed by atoms with Gasteiger partial charge in [0.15, 0.2) is 0 Å². The van der Waals surface area contributed by atoms with E-state index in [1.807, 2.05) is 24.3 Å². The van der Waals surface area contributed by atoms with Gasteiger partial charge in [0.05, 0.1) is 12.2 Å². The molecule has 1 aliphatic heterocycles. The lowest BCUT2D eigenvalue weighted by atomic mass is 9.90. The van der Waals surface area contributed by atoms with Crippen molar-refractivity contribution in [2.45, 2.75) is 58.3 Å². The number of hydrogen-bond donors (Lipinski definition) is 1. The molecule has 2 heterocycles. The van der Waals surface area contributed by atoms with Crippen molar-refractivity contribution in [3.63, 3.8) is 0 Å². The van der Waals surface area contributed by atoms with E-state index in [2.05, 4.69) is 29.1 Å². The van der Waals surface area contributed by atoms with Gasteiger partial charge < -0.3 is 14.8 Å². The van der Waals surface area contributed by atoms with Gasteiger partial charge in [0.25, 0.3) is 0 Å². The van der Waals surface area contributed by atoms with Crippen LogP contribution in [0.1, 0.15) is 51.7 Å². The fourth-order valence-corrected chi connectivity index (χ4v) is 3.51. The Hall–Kier alpha value is -2.47. The average molecular weight is 369 g/mol. The van der Waals surface area contributed by atoms with Crippen LogP contribution < -0.4 is 10.1 Å². The second kappa shape index (κ2) is 8.95. The molecule has 0 bridgehead atoms. The predicted octanol–water partition coefficient (Wildman–Crippen LogP) is 4.04. The monoisotopic (exact) mass is 369 g/mol. The minimum absolute atomic E-state index is 0.00977. The number of rotatable bonds is 6. The Morgan fingerprint density at radius 2 is 1.93 bits per heavy atom. The third-order valence-electron chi connectivity index (χ3n) is 4.55. The number of carbonyl (C=O) groups is 1. The van der Waals surface area contributed by atoms with Gasteiger partial charge in [-0.05, 0) is 48.9 Å². The van der Waals surface area contributed by atoms with E-state index in [1.54, 1.807) is 25.4 Å². The Kier molecular flexibility index (Phi) is 6.40. The van der Waals surface area contributed by atoms with E-state index in [9.17, 15) is 4.79 Å². The summed E-state index contributed by atoms with van der Waals surface area (Å²) in [6.07, 6.45) is 6.01. The number of aromatic nitrogens is 2. The summed E-state index contributed by atoms with van der Waals surface area (Å²) in [7, 11) is 0. The topological polar surface area (TPSA) is 73.3 Å².